The number of hydrogen-bond acceptors (Lipinski definition) is 3. The average Bonchev–Trinajstić information content (AvgIpc) is 3.05. The van der Waals surface area contributed by atoms with Crippen molar-refractivity contribution in [3.8, 4) is 16.9 Å². The van der Waals surface area contributed by atoms with Crippen molar-refractivity contribution < 1.29 is 4.79 Å². The molecule has 1 amide bonds. The van der Waals surface area contributed by atoms with Gasteiger partial charge in [-0.15, -0.1) is 0 Å². The minimum absolute atomic E-state index is 0.0119. The van der Waals surface area contributed by atoms with Gasteiger partial charge in [-0.2, -0.15) is 0 Å². The van der Waals surface area contributed by atoms with E-state index in [1.165, 1.54) is 11.8 Å². The lowest BCUT2D eigenvalue weighted by molar-refractivity contribution is -0.119. The molecule has 0 aliphatic carbocycles. The van der Waals surface area contributed by atoms with Gasteiger partial charge in [-0.05, 0) is 38.1 Å². The van der Waals surface area contributed by atoms with Crippen molar-refractivity contribution in [3.63, 3.8) is 0 Å². The van der Waals surface area contributed by atoms with Gasteiger partial charge < -0.3 is 5.32 Å². The molecule has 1 N–H and O–H groups in total. The van der Waals surface area contributed by atoms with E-state index in [0.717, 1.165) is 26.6 Å². The summed E-state index contributed by atoms with van der Waals surface area (Å²) >= 11 is 4.92. The van der Waals surface area contributed by atoms with Gasteiger partial charge in [0.1, 0.15) is 0 Å². The Morgan fingerprint density at radius 2 is 1.85 bits per heavy atom. The second-order valence-corrected chi connectivity index (χ2v) is 7.97. The van der Waals surface area contributed by atoms with E-state index in [1.807, 2.05) is 62.5 Å². The zero-order valence-electron chi connectivity index (χ0n) is 14.6. The van der Waals surface area contributed by atoms with Crippen molar-refractivity contribution in [1.82, 2.24) is 14.9 Å². The van der Waals surface area contributed by atoms with E-state index in [9.17, 15) is 4.79 Å². The number of carbonyl (C=O) groups is 1. The summed E-state index contributed by atoms with van der Waals surface area (Å²) in [5.74, 6) is 0.347. The predicted octanol–water partition coefficient (Wildman–Crippen LogP) is 4.92. The number of rotatable bonds is 6. The molecular weight excluding hydrogens is 410 g/mol. The normalized spacial score (nSPS) is 10.9. The van der Waals surface area contributed by atoms with Gasteiger partial charge >= 0.3 is 0 Å². The predicted molar refractivity (Wildman–Crippen MR) is 111 cm³/mol. The van der Waals surface area contributed by atoms with Crippen molar-refractivity contribution in [2.75, 3.05) is 5.75 Å². The number of amides is 1. The highest BCUT2D eigenvalue weighted by molar-refractivity contribution is 9.10. The van der Waals surface area contributed by atoms with Crippen molar-refractivity contribution in [3.05, 3.63) is 65.3 Å². The van der Waals surface area contributed by atoms with E-state index in [2.05, 4.69) is 42.9 Å². The van der Waals surface area contributed by atoms with Gasteiger partial charge in [-0.1, -0.05) is 58.0 Å². The summed E-state index contributed by atoms with van der Waals surface area (Å²) in [7, 11) is 0. The van der Waals surface area contributed by atoms with Crippen LogP contribution in [-0.4, -0.2) is 27.3 Å². The summed E-state index contributed by atoms with van der Waals surface area (Å²) in [5, 5.41) is 3.71. The van der Waals surface area contributed by atoms with Gasteiger partial charge in [0, 0.05) is 21.8 Å². The van der Waals surface area contributed by atoms with Crippen LogP contribution in [0.3, 0.4) is 0 Å². The fourth-order valence-corrected chi connectivity index (χ4v) is 3.65. The van der Waals surface area contributed by atoms with E-state index in [1.54, 1.807) is 0 Å². The smallest absolute Gasteiger partial charge is 0.230 e. The number of nitrogens with one attached hydrogen (secondary N) is 1. The van der Waals surface area contributed by atoms with Crippen molar-refractivity contribution in [2.24, 2.45) is 0 Å². The Morgan fingerprint density at radius 3 is 2.50 bits per heavy atom. The SMILES string of the molecule is CC(C)NC(=O)CSc1ncc(-c2ccc(Br)cc2)n1-c1ccccc1. The molecule has 0 atom stereocenters. The number of nitrogens with zero attached hydrogens (tertiary/aromatic N) is 2. The molecule has 0 aliphatic rings. The van der Waals surface area contributed by atoms with Gasteiger partial charge in [-0.25, -0.2) is 4.98 Å². The largest absolute Gasteiger partial charge is 0.353 e. The molecule has 1 heterocycles. The summed E-state index contributed by atoms with van der Waals surface area (Å²) in [6, 6.07) is 18.4. The lowest BCUT2D eigenvalue weighted by atomic mass is 10.1. The topological polar surface area (TPSA) is 46.9 Å². The maximum atomic E-state index is 12.0. The first-order chi connectivity index (χ1) is 12.5. The number of carbonyl (C=O) groups excluding carboxylic acids is 1. The van der Waals surface area contributed by atoms with E-state index in [0.29, 0.717) is 5.75 Å². The van der Waals surface area contributed by atoms with Crippen LogP contribution in [0.1, 0.15) is 13.8 Å². The van der Waals surface area contributed by atoms with Crippen LogP contribution in [0, 0.1) is 0 Å². The number of aromatic nitrogens is 2. The van der Waals surface area contributed by atoms with Gasteiger partial charge in [-0.3, -0.25) is 9.36 Å². The minimum Gasteiger partial charge on any atom is -0.353 e. The Balaban J connectivity index is 1.95. The lowest BCUT2D eigenvalue weighted by Crippen LogP contribution is -2.31. The Morgan fingerprint density at radius 1 is 1.15 bits per heavy atom. The van der Waals surface area contributed by atoms with E-state index in [4.69, 9.17) is 0 Å². The second-order valence-electron chi connectivity index (χ2n) is 6.11. The molecule has 26 heavy (non-hydrogen) atoms. The highest BCUT2D eigenvalue weighted by atomic mass is 79.9. The number of imidazole rings is 1. The first-order valence-electron chi connectivity index (χ1n) is 8.36. The van der Waals surface area contributed by atoms with Crippen LogP contribution in [0.2, 0.25) is 0 Å². The molecule has 4 nitrogen and oxygen atoms in total. The standard InChI is InChI=1S/C20H20BrN3OS/c1-14(2)23-19(25)13-26-20-22-12-18(15-8-10-16(21)11-9-15)24(20)17-6-4-3-5-7-17/h3-12,14H,13H2,1-2H3,(H,23,25). The molecule has 1 aromatic heterocycles. The average molecular weight is 430 g/mol. The van der Waals surface area contributed by atoms with Crippen molar-refractivity contribution in [2.45, 2.75) is 25.0 Å². The monoisotopic (exact) mass is 429 g/mol. The zero-order valence-corrected chi connectivity index (χ0v) is 17.0. The zero-order chi connectivity index (χ0) is 18.5. The van der Waals surface area contributed by atoms with Crippen LogP contribution < -0.4 is 5.32 Å². The quantitative estimate of drug-likeness (QED) is 0.565. The molecule has 0 fully saturated rings. The highest BCUT2D eigenvalue weighted by Crippen LogP contribution is 2.30. The second kappa shape index (κ2) is 8.56. The molecule has 134 valence electrons. The molecular formula is C20H20BrN3OS. The van der Waals surface area contributed by atoms with Gasteiger partial charge in [0.2, 0.25) is 5.91 Å². The molecule has 0 saturated heterocycles. The molecule has 0 unspecified atom stereocenters. The Kier molecular flexibility index (Phi) is 6.16. The summed E-state index contributed by atoms with van der Waals surface area (Å²) in [4.78, 5) is 16.6. The van der Waals surface area contributed by atoms with Crippen LogP contribution in [0.5, 0.6) is 0 Å². The van der Waals surface area contributed by atoms with Crippen LogP contribution in [-0.2, 0) is 4.79 Å². The minimum atomic E-state index is 0.0119. The number of benzene rings is 2. The first kappa shape index (κ1) is 18.7. The molecule has 0 radical (unpaired) electrons. The molecule has 0 saturated carbocycles. The van der Waals surface area contributed by atoms with Gasteiger partial charge in [0.15, 0.2) is 5.16 Å². The Hall–Kier alpha value is -2.05. The lowest BCUT2D eigenvalue weighted by Gasteiger charge is -2.13. The molecule has 3 aromatic rings. The Bertz CT molecular complexity index is 876. The van der Waals surface area contributed by atoms with E-state index < -0.39 is 0 Å². The fraction of sp³-hybridized carbons (Fsp3) is 0.200. The maximum Gasteiger partial charge on any atom is 0.230 e. The number of thioether (sulfide) groups is 1. The van der Waals surface area contributed by atoms with Crippen LogP contribution >= 0.6 is 27.7 Å². The molecule has 0 bridgehead atoms. The molecule has 6 heteroatoms. The van der Waals surface area contributed by atoms with Crippen LogP contribution in [0.25, 0.3) is 16.9 Å². The third-order valence-corrected chi connectivity index (χ3v) is 5.15. The molecule has 0 spiro atoms. The van der Waals surface area contributed by atoms with E-state index >= 15 is 0 Å². The maximum absolute atomic E-state index is 12.0. The molecule has 2 aromatic carbocycles. The van der Waals surface area contributed by atoms with Crippen molar-refractivity contribution in [1.29, 1.82) is 0 Å². The van der Waals surface area contributed by atoms with Crippen LogP contribution in [0.4, 0.5) is 0 Å². The van der Waals surface area contributed by atoms with Crippen LogP contribution in [0.15, 0.2) is 70.4 Å². The van der Waals surface area contributed by atoms with Gasteiger partial charge in [0.25, 0.3) is 0 Å². The third kappa shape index (κ3) is 4.56. The van der Waals surface area contributed by atoms with Gasteiger partial charge in [0.05, 0.1) is 17.6 Å². The number of para-hydroxylation sites is 1. The Labute approximate surface area is 166 Å². The summed E-state index contributed by atoms with van der Waals surface area (Å²) < 4.78 is 3.13. The first-order valence-corrected chi connectivity index (χ1v) is 10.1. The molecule has 0 aliphatic heterocycles. The number of hydrogen-bond donors (Lipinski definition) is 1. The highest BCUT2D eigenvalue weighted by Gasteiger charge is 2.15. The summed E-state index contributed by atoms with van der Waals surface area (Å²) in [6.07, 6.45) is 1.86. The summed E-state index contributed by atoms with van der Waals surface area (Å²) in [6.45, 7) is 3.91. The molecule has 3 rings (SSSR count). The summed E-state index contributed by atoms with van der Waals surface area (Å²) in [5.41, 5.74) is 3.09. The third-order valence-electron chi connectivity index (χ3n) is 3.67. The van der Waals surface area contributed by atoms with E-state index in [-0.39, 0.29) is 11.9 Å². The number of halogens is 1. The fourth-order valence-electron chi connectivity index (χ4n) is 2.58. The van der Waals surface area contributed by atoms with Crippen molar-refractivity contribution >= 4 is 33.6 Å².